The Morgan fingerprint density at radius 1 is 0.816 bits per heavy atom. The highest BCUT2D eigenvalue weighted by Crippen LogP contribution is 2.36. The molecule has 0 heterocycles. The lowest BCUT2D eigenvalue weighted by atomic mass is 9.82. The highest BCUT2D eigenvalue weighted by atomic mass is 16.8. The van der Waals surface area contributed by atoms with Gasteiger partial charge in [-0.25, -0.2) is 14.4 Å². The Hall–Kier alpha value is -3.54. The van der Waals surface area contributed by atoms with Crippen molar-refractivity contribution in [2.45, 2.75) is 91.6 Å². The summed E-state index contributed by atoms with van der Waals surface area (Å²) in [4.78, 5) is 48.2. The number of hydrogen-bond donors (Lipinski definition) is 2. The fraction of sp³-hybridized carbons (Fsp3) is 0.615. The molecule has 12 heteroatoms. The number of aliphatic carboxylic acids is 1. The summed E-state index contributed by atoms with van der Waals surface area (Å²) in [5, 5.41) is 9.63. The Balaban J connectivity index is 3.36. The molecule has 0 saturated carbocycles. The molecule has 0 amide bonds. The third-order valence-electron chi connectivity index (χ3n) is 5.57. The molecule has 0 fully saturated rings. The molecule has 0 bridgehead atoms. The monoisotopic (exact) mass is 541 g/mol. The SMILES string of the molecule is CCC(C)OC(=O)Oc1ccc(C(C(C)COC(=O)OC(C)C)[C@H](N)C(=O)O)cc1OC(=O)OC(C)CC. The molecule has 0 aromatic heterocycles. The molecule has 0 radical (unpaired) electrons. The summed E-state index contributed by atoms with van der Waals surface area (Å²) >= 11 is 0. The van der Waals surface area contributed by atoms with Gasteiger partial charge in [0.05, 0.1) is 12.7 Å². The van der Waals surface area contributed by atoms with E-state index in [9.17, 15) is 24.3 Å². The van der Waals surface area contributed by atoms with E-state index in [4.69, 9.17) is 34.2 Å². The van der Waals surface area contributed by atoms with Crippen molar-refractivity contribution in [3.8, 4) is 11.5 Å². The van der Waals surface area contributed by atoms with Gasteiger partial charge >= 0.3 is 24.4 Å². The second-order valence-electron chi connectivity index (χ2n) is 9.18. The number of carboxylic acids is 1. The van der Waals surface area contributed by atoms with Crippen LogP contribution in [0.15, 0.2) is 18.2 Å². The largest absolute Gasteiger partial charge is 0.514 e. The average molecular weight is 542 g/mol. The Labute approximate surface area is 222 Å². The van der Waals surface area contributed by atoms with Crippen LogP contribution < -0.4 is 15.2 Å². The van der Waals surface area contributed by atoms with Crippen LogP contribution in [-0.2, 0) is 23.7 Å². The van der Waals surface area contributed by atoms with Crippen LogP contribution in [0.5, 0.6) is 11.5 Å². The van der Waals surface area contributed by atoms with Crippen molar-refractivity contribution in [1.29, 1.82) is 0 Å². The Morgan fingerprint density at radius 3 is 1.82 bits per heavy atom. The van der Waals surface area contributed by atoms with Crippen molar-refractivity contribution in [2.24, 2.45) is 11.7 Å². The second-order valence-corrected chi connectivity index (χ2v) is 9.18. The lowest BCUT2D eigenvalue weighted by molar-refractivity contribution is -0.139. The van der Waals surface area contributed by atoms with Gasteiger partial charge in [0.2, 0.25) is 0 Å². The quantitative estimate of drug-likeness (QED) is 0.195. The predicted molar refractivity (Wildman–Crippen MR) is 135 cm³/mol. The van der Waals surface area contributed by atoms with Gasteiger partial charge in [0.1, 0.15) is 18.2 Å². The zero-order chi connectivity index (χ0) is 29.0. The summed E-state index contributed by atoms with van der Waals surface area (Å²) in [5.74, 6) is -3.19. The number of benzene rings is 1. The molecular weight excluding hydrogens is 502 g/mol. The van der Waals surface area contributed by atoms with E-state index >= 15 is 0 Å². The smallest absolute Gasteiger partial charge is 0.480 e. The lowest BCUT2D eigenvalue weighted by Gasteiger charge is -2.28. The van der Waals surface area contributed by atoms with Crippen LogP contribution in [-0.4, -0.2) is 60.5 Å². The summed E-state index contributed by atoms with van der Waals surface area (Å²) in [5.41, 5.74) is 6.32. The normalized spacial score (nSPS) is 14.9. The van der Waals surface area contributed by atoms with Gasteiger partial charge in [-0.15, -0.1) is 0 Å². The standard InChI is InChI=1S/C26H39NO11/c1-8-16(6)35-25(31)37-19-11-10-18(12-20(19)38-26(32)36-17(7)9-2)21(22(27)23(28)29)15(5)13-33-24(30)34-14(3)4/h10-12,14-17,21-22H,8-9,13,27H2,1-7H3,(H,28,29)/t15?,16?,17?,21?,22-/m0/s1. The molecule has 0 aliphatic rings. The molecule has 1 aromatic carbocycles. The second kappa shape index (κ2) is 15.7. The fourth-order valence-electron chi connectivity index (χ4n) is 3.19. The van der Waals surface area contributed by atoms with Gasteiger partial charge in [-0.2, -0.15) is 0 Å². The van der Waals surface area contributed by atoms with Gasteiger partial charge in [0, 0.05) is 5.92 Å². The van der Waals surface area contributed by atoms with E-state index in [2.05, 4.69) is 0 Å². The van der Waals surface area contributed by atoms with E-state index < -0.39 is 60.6 Å². The maximum Gasteiger partial charge on any atom is 0.514 e. The third kappa shape index (κ3) is 10.8. The van der Waals surface area contributed by atoms with Crippen molar-refractivity contribution in [2.75, 3.05) is 6.61 Å². The highest BCUT2D eigenvalue weighted by Gasteiger charge is 2.33. The first-order chi connectivity index (χ1) is 17.8. The van der Waals surface area contributed by atoms with E-state index in [1.807, 2.05) is 13.8 Å². The van der Waals surface area contributed by atoms with Crippen LogP contribution >= 0.6 is 0 Å². The number of nitrogens with two attached hydrogens (primary N) is 1. The molecule has 214 valence electrons. The maximum atomic E-state index is 12.4. The number of hydrogen-bond acceptors (Lipinski definition) is 11. The van der Waals surface area contributed by atoms with Crippen molar-refractivity contribution >= 4 is 24.4 Å². The molecule has 0 aliphatic heterocycles. The fourth-order valence-corrected chi connectivity index (χ4v) is 3.19. The van der Waals surface area contributed by atoms with Crippen LogP contribution in [0.4, 0.5) is 14.4 Å². The van der Waals surface area contributed by atoms with E-state index in [1.165, 1.54) is 18.2 Å². The molecule has 1 aromatic rings. The van der Waals surface area contributed by atoms with Crippen LogP contribution in [0.25, 0.3) is 0 Å². The minimum atomic E-state index is -1.42. The van der Waals surface area contributed by atoms with Crippen molar-refractivity contribution < 1.29 is 52.7 Å². The summed E-state index contributed by atoms with van der Waals surface area (Å²) in [6.45, 7) is 11.7. The first-order valence-electron chi connectivity index (χ1n) is 12.5. The molecule has 0 saturated heterocycles. The number of carbonyl (C=O) groups is 4. The van der Waals surface area contributed by atoms with Gasteiger partial charge in [0.25, 0.3) is 0 Å². The van der Waals surface area contributed by atoms with Crippen molar-refractivity contribution in [3.05, 3.63) is 23.8 Å². The molecule has 0 spiro atoms. The van der Waals surface area contributed by atoms with Gasteiger partial charge in [-0.1, -0.05) is 26.8 Å². The Kier molecular flexibility index (Phi) is 13.4. The zero-order valence-electron chi connectivity index (χ0n) is 22.9. The van der Waals surface area contributed by atoms with E-state index in [0.717, 1.165) is 0 Å². The molecule has 0 aliphatic carbocycles. The number of rotatable bonds is 13. The Bertz CT molecular complexity index is 949. The van der Waals surface area contributed by atoms with E-state index in [0.29, 0.717) is 18.4 Å². The average Bonchev–Trinajstić information content (AvgIpc) is 2.83. The molecule has 5 atom stereocenters. The van der Waals surface area contributed by atoms with Crippen LogP contribution in [0.2, 0.25) is 0 Å². The van der Waals surface area contributed by atoms with Crippen LogP contribution in [0.3, 0.4) is 0 Å². The summed E-state index contributed by atoms with van der Waals surface area (Å²) < 4.78 is 30.9. The van der Waals surface area contributed by atoms with Crippen LogP contribution in [0, 0.1) is 5.92 Å². The van der Waals surface area contributed by atoms with Gasteiger partial charge in [0.15, 0.2) is 11.5 Å². The van der Waals surface area contributed by atoms with E-state index in [-0.39, 0.29) is 18.1 Å². The van der Waals surface area contributed by atoms with Crippen molar-refractivity contribution in [3.63, 3.8) is 0 Å². The highest BCUT2D eigenvalue weighted by molar-refractivity contribution is 5.75. The zero-order valence-corrected chi connectivity index (χ0v) is 22.9. The topological polar surface area (TPSA) is 170 Å². The minimum absolute atomic E-state index is 0.157. The molecule has 1 rings (SSSR count). The summed E-state index contributed by atoms with van der Waals surface area (Å²) in [7, 11) is 0. The molecule has 4 unspecified atom stereocenters. The van der Waals surface area contributed by atoms with Gasteiger partial charge in [-0.3, -0.25) is 4.79 Å². The number of carboxylic acid groups (broad SMARTS) is 1. The number of carbonyl (C=O) groups excluding carboxylic acids is 3. The van der Waals surface area contributed by atoms with Gasteiger partial charge in [-0.05, 0) is 64.2 Å². The lowest BCUT2D eigenvalue weighted by Crippen LogP contribution is -2.40. The molecular formula is C26H39NO11. The maximum absolute atomic E-state index is 12.4. The molecule has 3 N–H and O–H groups in total. The molecule has 12 nitrogen and oxygen atoms in total. The predicted octanol–water partition coefficient (Wildman–Crippen LogP) is 5.01. The Morgan fingerprint density at radius 2 is 1.34 bits per heavy atom. The van der Waals surface area contributed by atoms with Crippen molar-refractivity contribution in [1.82, 2.24) is 0 Å². The summed E-state index contributed by atoms with van der Waals surface area (Å²) in [6, 6.07) is 2.69. The third-order valence-corrected chi connectivity index (χ3v) is 5.57. The minimum Gasteiger partial charge on any atom is -0.480 e. The van der Waals surface area contributed by atoms with Crippen LogP contribution in [0.1, 0.15) is 72.8 Å². The van der Waals surface area contributed by atoms with E-state index in [1.54, 1.807) is 34.6 Å². The summed E-state index contributed by atoms with van der Waals surface area (Å²) in [6.07, 6.45) is -3.15. The number of ether oxygens (including phenoxy) is 6. The first kappa shape index (κ1) is 32.5. The molecule has 38 heavy (non-hydrogen) atoms. The first-order valence-corrected chi connectivity index (χ1v) is 12.5. The van der Waals surface area contributed by atoms with Gasteiger partial charge < -0.3 is 39.3 Å².